The van der Waals surface area contributed by atoms with Crippen LogP contribution in [0.5, 0.6) is 0 Å². The first-order valence-corrected chi connectivity index (χ1v) is 9.41. The summed E-state index contributed by atoms with van der Waals surface area (Å²) in [6.45, 7) is 2.13. The third-order valence-corrected chi connectivity index (χ3v) is 5.38. The Balaban J connectivity index is 1.86. The summed E-state index contributed by atoms with van der Waals surface area (Å²) >= 11 is 4.44. The Hall–Kier alpha value is -0.830. The Morgan fingerprint density at radius 3 is 2.55 bits per heavy atom. The van der Waals surface area contributed by atoms with Crippen molar-refractivity contribution in [2.45, 2.75) is 12.8 Å². The van der Waals surface area contributed by atoms with Gasteiger partial charge in [0, 0.05) is 20.2 Å². The number of amides is 1. The van der Waals surface area contributed by atoms with Gasteiger partial charge >= 0.3 is 0 Å². The molecule has 0 atom stereocenters. The van der Waals surface area contributed by atoms with Crippen LogP contribution in [-0.4, -0.2) is 19.0 Å². The largest absolute Gasteiger partial charge is 0.370 e. The highest BCUT2D eigenvalue weighted by atomic mass is 127. The molecule has 0 spiro atoms. The highest BCUT2D eigenvalue weighted by Gasteiger charge is 2.18. The highest BCUT2D eigenvalue weighted by Crippen LogP contribution is 2.29. The van der Waals surface area contributed by atoms with Crippen molar-refractivity contribution in [1.82, 2.24) is 0 Å². The predicted octanol–water partition coefficient (Wildman–Crippen LogP) is 4.75. The number of anilines is 2. The molecule has 0 unspecified atom stereocenters. The van der Waals surface area contributed by atoms with Gasteiger partial charge in [0.25, 0.3) is 5.91 Å². The molecular weight excluding hydrogens is 502 g/mol. The van der Waals surface area contributed by atoms with Gasteiger partial charge in [-0.25, -0.2) is 0 Å². The number of carbonyl (C=O) groups excluding carboxylic acids is 1. The zero-order valence-electron chi connectivity index (χ0n) is 12.0. The Bertz CT molecular complexity index is 697. The van der Waals surface area contributed by atoms with Crippen LogP contribution < -0.4 is 10.2 Å². The van der Waals surface area contributed by atoms with Crippen LogP contribution in [0.2, 0.25) is 0 Å². The van der Waals surface area contributed by atoms with Crippen molar-refractivity contribution in [3.8, 4) is 0 Å². The lowest BCUT2D eigenvalue weighted by atomic mass is 10.2. The molecule has 22 heavy (non-hydrogen) atoms. The maximum Gasteiger partial charge on any atom is 0.256 e. The molecule has 1 aliphatic heterocycles. The van der Waals surface area contributed by atoms with Gasteiger partial charge in [0.1, 0.15) is 0 Å². The molecule has 0 aromatic heterocycles. The van der Waals surface area contributed by atoms with E-state index >= 15 is 0 Å². The van der Waals surface area contributed by atoms with Crippen molar-refractivity contribution >= 4 is 62.5 Å². The monoisotopic (exact) mass is 518 g/mol. The van der Waals surface area contributed by atoms with Gasteiger partial charge in [-0.2, -0.15) is 0 Å². The first-order valence-electron chi connectivity index (χ1n) is 7.25. The van der Waals surface area contributed by atoms with Crippen LogP contribution >= 0.6 is 45.2 Å². The highest BCUT2D eigenvalue weighted by molar-refractivity contribution is 14.1. The van der Waals surface area contributed by atoms with E-state index in [0.29, 0.717) is 0 Å². The van der Waals surface area contributed by atoms with E-state index in [-0.39, 0.29) is 5.91 Å². The van der Waals surface area contributed by atoms with Gasteiger partial charge < -0.3 is 10.2 Å². The lowest BCUT2D eigenvalue weighted by Crippen LogP contribution is -2.21. The summed E-state index contributed by atoms with van der Waals surface area (Å²) in [4.78, 5) is 15.0. The molecule has 1 aliphatic rings. The summed E-state index contributed by atoms with van der Waals surface area (Å²) in [6, 6.07) is 14.0. The van der Waals surface area contributed by atoms with Crippen molar-refractivity contribution in [2.24, 2.45) is 0 Å². The molecule has 1 saturated heterocycles. The Morgan fingerprint density at radius 1 is 1.05 bits per heavy atom. The van der Waals surface area contributed by atoms with Gasteiger partial charge in [-0.3, -0.25) is 4.79 Å². The second-order valence-corrected chi connectivity index (χ2v) is 7.70. The number of benzene rings is 2. The molecule has 1 fully saturated rings. The van der Waals surface area contributed by atoms with Gasteiger partial charge in [-0.15, -0.1) is 0 Å². The van der Waals surface area contributed by atoms with E-state index in [1.807, 2.05) is 36.4 Å². The van der Waals surface area contributed by atoms with Crippen LogP contribution in [0.4, 0.5) is 11.4 Å². The number of halogens is 2. The fourth-order valence-corrected chi connectivity index (χ4v) is 3.75. The Kier molecular flexibility index (Phi) is 5.22. The maximum absolute atomic E-state index is 12.6. The summed E-state index contributed by atoms with van der Waals surface area (Å²) < 4.78 is 2.03. The zero-order chi connectivity index (χ0) is 15.5. The van der Waals surface area contributed by atoms with Gasteiger partial charge in [-0.05, 0) is 88.4 Å². The molecule has 1 N–H and O–H groups in total. The van der Waals surface area contributed by atoms with Crippen LogP contribution in [0.1, 0.15) is 23.2 Å². The van der Waals surface area contributed by atoms with Gasteiger partial charge in [-0.1, -0.05) is 12.1 Å². The molecule has 114 valence electrons. The molecule has 0 saturated carbocycles. The minimum absolute atomic E-state index is 0.0467. The SMILES string of the molecule is O=C(Nc1ccccc1N1CCCC1)c1cc(I)ccc1I. The standard InChI is InChI=1S/C17H16I2N2O/c18-12-7-8-14(19)13(11-12)17(22)20-15-5-1-2-6-16(15)21-9-3-4-10-21/h1-2,5-8,11H,3-4,9-10H2,(H,20,22). The first kappa shape index (κ1) is 16.0. The van der Waals surface area contributed by atoms with E-state index < -0.39 is 0 Å². The smallest absolute Gasteiger partial charge is 0.256 e. The van der Waals surface area contributed by atoms with Crippen molar-refractivity contribution in [3.63, 3.8) is 0 Å². The summed E-state index contributed by atoms with van der Waals surface area (Å²) in [7, 11) is 0. The maximum atomic E-state index is 12.6. The average Bonchev–Trinajstić information content (AvgIpc) is 3.04. The molecule has 2 aromatic rings. The lowest BCUT2D eigenvalue weighted by Gasteiger charge is -2.21. The molecular formula is C17H16I2N2O. The molecule has 1 heterocycles. The van der Waals surface area contributed by atoms with Crippen molar-refractivity contribution in [2.75, 3.05) is 23.3 Å². The fourth-order valence-electron chi connectivity index (χ4n) is 2.67. The second-order valence-electron chi connectivity index (χ2n) is 5.29. The predicted molar refractivity (Wildman–Crippen MR) is 108 cm³/mol. The third kappa shape index (κ3) is 3.56. The van der Waals surface area contributed by atoms with Crippen molar-refractivity contribution in [1.29, 1.82) is 0 Å². The van der Waals surface area contributed by atoms with Crippen LogP contribution in [0, 0.1) is 7.14 Å². The second kappa shape index (κ2) is 7.16. The topological polar surface area (TPSA) is 32.3 Å². The van der Waals surface area contributed by atoms with Crippen LogP contribution in [0.3, 0.4) is 0 Å². The number of nitrogens with one attached hydrogen (secondary N) is 1. The normalized spacial score (nSPS) is 14.2. The van der Waals surface area contributed by atoms with E-state index in [4.69, 9.17) is 0 Å². The summed E-state index contributed by atoms with van der Waals surface area (Å²) in [5, 5.41) is 3.08. The van der Waals surface area contributed by atoms with Gasteiger partial charge in [0.05, 0.1) is 16.9 Å². The Labute approximate surface area is 157 Å². The zero-order valence-corrected chi connectivity index (χ0v) is 16.3. The van der Waals surface area contributed by atoms with Crippen molar-refractivity contribution in [3.05, 3.63) is 55.2 Å². The molecule has 1 amide bonds. The van der Waals surface area contributed by atoms with Crippen molar-refractivity contribution < 1.29 is 4.79 Å². The minimum atomic E-state index is -0.0467. The van der Waals surface area contributed by atoms with E-state index in [1.165, 1.54) is 12.8 Å². The molecule has 0 radical (unpaired) electrons. The number of carbonyl (C=O) groups is 1. The number of rotatable bonds is 3. The van der Waals surface area contributed by atoms with Crippen LogP contribution in [0.25, 0.3) is 0 Å². The third-order valence-electron chi connectivity index (χ3n) is 3.77. The number of para-hydroxylation sites is 2. The molecule has 0 aliphatic carbocycles. The van der Waals surface area contributed by atoms with Gasteiger partial charge in [0.15, 0.2) is 0 Å². The van der Waals surface area contributed by atoms with E-state index in [9.17, 15) is 4.79 Å². The quantitative estimate of drug-likeness (QED) is 0.596. The summed E-state index contributed by atoms with van der Waals surface area (Å²) in [5.74, 6) is -0.0467. The van der Waals surface area contributed by atoms with E-state index in [1.54, 1.807) is 0 Å². The van der Waals surface area contributed by atoms with E-state index in [2.05, 4.69) is 61.5 Å². The summed E-state index contributed by atoms with van der Waals surface area (Å²) in [5.41, 5.74) is 2.74. The first-order chi connectivity index (χ1) is 10.6. The fraction of sp³-hybridized carbons (Fsp3) is 0.235. The van der Waals surface area contributed by atoms with Crippen LogP contribution in [-0.2, 0) is 0 Å². The molecule has 0 bridgehead atoms. The number of hydrogen-bond acceptors (Lipinski definition) is 2. The lowest BCUT2D eigenvalue weighted by molar-refractivity contribution is 0.102. The Morgan fingerprint density at radius 2 is 1.77 bits per heavy atom. The van der Waals surface area contributed by atoms with E-state index in [0.717, 1.165) is 37.2 Å². The molecule has 5 heteroatoms. The molecule has 2 aromatic carbocycles. The van der Waals surface area contributed by atoms with Crippen LogP contribution in [0.15, 0.2) is 42.5 Å². The summed E-state index contributed by atoms with van der Waals surface area (Å²) in [6.07, 6.45) is 2.44. The van der Waals surface area contributed by atoms with Gasteiger partial charge in [0.2, 0.25) is 0 Å². The minimum Gasteiger partial charge on any atom is -0.370 e. The number of nitrogens with zero attached hydrogens (tertiary/aromatic N) is 1. The molecule has 3 rings (SSSR count). The molecule has 3 nitrogen and oxygen atoms in total. The average molecular weight is 518 g/mol. The number of hydrogen-bond donors (Lipinski definition) is 1.